The van der Waals surface area contributed by atoms with Gasteiger partial charge in [0.1, 0.15) is 0 Å². The first-order valence-corrected chi connectivity index (χ1v) is 9.52. The van der Waals surface area contributed by atoms with Crippen molar-refractivity contribution in [2.75, 3.05) is 46.9 Å². The van der Waals surface area contributed by atoms with Crippen molar-refractivity contribution in [2.45, 2.75) is 37.2 Å². The number of morpholine rings is 1. The van der Waals surface area contributed by atoms with Gasteiger partial charge in [0.15, 0.2) is 5.96 Å². The molecule has 1 saturated heterocycles. The highest BCUT2D eigenvalue weighted by atomic mass is 16.5. The number of nitrogens with one attached hydrogen (secondary N) is 2. The van der Waals surface area contributed by atoms with E-state index in [-0.39, 0.29) is 11.5 Å². The summed E-state index contributed by atoms with van der Waals surface area (Å²) < 4.78 is 5.82. The Hall–Kier alpha value is -1.59. The lowest BCUT2D eigenvalue weighted by atomic mass is 9.79. The van der Waals surface area contributed by atoms with Crippen molar-refractivity contribution in [3.05, 3.63) is 35.9 Å². The summed E-state index contributed by atoms with van der Waals surface area (Å²) in [6, 6.07) is 10.9. The molecule has 0 bridgehead atoms. The minimum atomic E-state index is 0.229. The van der Waals surface area contributed by atoms with Crippen molar-refractivity contribution in [1.82, 2.24) is 15.5 Å². The zero-order chi connectivity index (χ0) is 17.5. The van der Waals surface area contributed by atoms with Crippen LogP contribution in [0.5, 0.6) is 0 Å². The topological polar surface area (TPSA) is 48.9 Å². The smallest absolute Gasteiger partial charge is 0.191 e. The molecule has 2 N–H and O–H groups in total. The fraction of sp³-hybridized carbons (Fsp3) is 0.650. The van der Waals surface area contributed by atoms with Crippen LogP contribution in [0.15, 0.2) is 35.3 Å². The van der Waals surface area contributed by atoms with Crippen molar-refractivity contribution >= 4 is 5.96 Å². The number of hydrogen-bond acceptors (Lipinski definition) is 3. The van der Waals surface area contributed by atoms with Crippen molar-refractivity contribution in [2.24, 2.45) is 4.99 Å². The number of hydrogen-bond donors (Lipinski definition) is 2. The Balaban J connectivity index is 1.54. The van der Waals surface area contributed by atoms with Gasteiger partial charge in [-0.15, -0.1) is 0 Å². The van der Waals surface area contributed by atoms with Gasteiger partial charge in [-0.3, -0.25) is 4.99 Å². The van der Waals surface area contributed by atoms with E-state index in [0.29, 0.717) is 0 Å². The first-order valence-electron chi connectivity index (χ1n) is 9.52. The van der Waals surface area contributed by atoms with Crippen LogP contribution >= 0.6 is 0 Å². The number of benzene rings is 1. The maximum Gasteiger partial charge on any atom is 0.191 e. The molecule has 2 aliphatic rings. The van der Waals surface area contributed by atoms with Crippen molar-refractivity contribution in [3.8, 4) is 0 Å². The van der Waals surface area contributed by atoms with Crippen LogP contribution in [0.3, 0.4) is 0 Å². The van der Waals surface area contributed by atoms with Gasteiger partial charge in [-0.2, -0.15) is 0 Å². The molecule has 0 radical (unpaired) electrons. The summed E-state index contributed by atoms with van der Waals surface area (Å²) in [6.45, 7) is 4.53. The predicted octanol–water partition coefficient (Wildman–Crippen LogP) is 1.99. The summed E-state index contributed by atoms with van der Waals surface area (Å²) in [5, 5.41) is 7.01. The summed E-state index contributed by atoms with van der Waals surface area (Å²) in [7, 11) is 3.99. The average Bonchev–Trinajstić information content (AvgIpc) is 3.13. The third kappa shape index (κ3) is 4.73. The Morgan fingerprint density at radius 3 is 2.68 bits per heavy atom. The second-order valence-electron chi connectivity index (χ2n) is 7.42. The predicted molar refractivity (Wildman–Crippen MR) is 103 cm³/mol. The first kappa shape index (κ1) is 18.2. The SMILES string of the molecule is CN=C(NCC1CN(C)CCO1)NCC1(c2ccccc2)CCCC1. The van der Waals surface area contributed by atoms with Gasteiger partial charge in [0.25, 0.3) is 0 Å². The fourth-order valence-corrected chi connectivity index (χ4v) is 4.09. The van der Waals surface area contributed by atoms with Gasteiger partial charge < -0.3 is 20.3 Å². The van der Waals surface area contributed by atoms with E-state index in [0.717, 1.165) is 38.7 Å². The molecule has 1 aromatic rings. The molecule has 5 nitrogen and oxygen atoms in total. The molecule has 0 aromatic heterocycles. The van der Waals surface area contributed by atoms with Crippen LogP contribution in [0.4, 0.5) is 0 Å². The Bertz CT molecular complexity index is 554. The van der Waals surface area contributed by atoms with E-state index in [1.807, 2.05) is 7.05 Å². The average molecular weight is 345 g/mol. The maximum atomic E-state index is 5.82. The lowest BCUT2D eigenvalue weighted by molar-refractivity contribution is -0.0161. The summed E-state index contributed by atoms with van der Waals surface area (Å²) in [5.74, 6) is 0.874. The van der Waals surface area contributed by atoms with E-state index in [1.165, 1.54) is 31.2 Å². The number of guanidine groups is 1. The van der Waals surface area contributed by atoms with Crippen LogP contribution in [0.25, 0.3) is 0 Å². The molecular formula is C20H32N4O. The van der Waals surface area contributed by atoms with Gasteiger partial charge >= 0.3 is 0 Å². The van der Waals surface area contributed by atoms with Gasteiger partial charge in [0, 0.05) is 38.6 Å². The molecule has 1 heterocycles. The van der Waals surface area contributed by atoms with E-state index in [2.05, 4.69) is 57.9 Å². The second kappa shape index (κ2) is 8.68. The van der Waals surface area contributed by atoms with Crippen molar-refractivity contribution in [1.29, 1.82) is 0 Å². The summed E-state index contributed by atoms with van der Waals surface area (Å²) in [4.78, 5) is 6.72. The highest BCUT2D eigenvalue weighted by Crippen LogP contribution is 2.40. The molecule has 5 heteroatoms. The second-order valence-corrected chi connectivity index (χ2v) is 7.42. The van der Waals surface area contributed by atoms with Crippen LogP contribution in [-0.2, 0) is 10.2 Å². The molecule has 1 aliphatic heterocycles. The molecular weight excluding hydrogens is 312 g/mol. The highest BCUT2D eigenvalue weighted by Gasteiger charge is 2.35. The molecule has 0 amide bonds. The van der Waals surface area contributed by atoms with Gasteiger partial charge in [0.05, 0.1) is 12.7 Å². The van der Waals surface area contributed by atoms with Gasteiger partial charge in [-0.1, -0.05) is 43.2 Å². The number of ether oxygens (including phenoxy) is 1. The number of aliphatic imine (C=N–C) groups is 1. The van der Waals surface area contributed by atoms with Gasteiger partial charge in [-0.05, 0) is 25.5 Å². The molecule has 1 aliphatic carbocycles. The minimum Gasteiger partial charge on any atom is -0.374 e. The van der Waals surface area contributed by atoms with E-state index in [9.17, 15) is 0 Å². The molecule has 25 heavy (non-hydrogen) atoms. The Labute approximate surface area is 151 Å². The number of rotatable bonds is 5. The molecule has 1 unspecified atom stereocenters. The maximum absolute atomic E-state index is 5.82. The molecule has 138 valence electrons. The summed E-state index contributed by atoms with van der Waals surface area (Å²) >= 11 is 0. The van der Waals surface area contributed by atoms with E-state index in [1.54, 1.807) is 0 Å². The van der Waals surface area contributed by atoms with E-state index < -0.39 is 0 Å². The molecule has 0 spiro atoms. The van der Waals surface area contributed by atoms with Gasteiger partial charge in [0.2, 0.25) is 0 Å². The highest BCUT2D eigenvalue weighted by molar-refractivity contribution is 5.79. The Morgan fingerprint density at radius 2 is 2.00 bits per heavy atom. The summed E-state index contributed by atoms with van der Waals surface area (Å²) in [5.41, 5.74) is 1.69. The van der Waals surface area contributed by atoms with Crippen LogP contribution in [-0.4, -0.2) is 63.8 Å². The van der Waals surface area contributed by atoms with E-state index in [4.69, 9.17) is 4.74 Å². The molecule has 1 atom stereocenters. The zero-order valence-electron chi connectivity index (χ0n) is 15.6. The van der Waals surface area contributed by atoms with Crippen LogP contribution in [0.1, 0.15) is 31.2 Å². The van der Waals surface area contributed by atoms with Crippen molar-refractivity contribution in [3.63, 3.8) is 0 Å². The zero-order valence-corrected chi connectivity index (χ0v) is 15.6. The minimum absolute atomic E-state index is 0.229. The van der Waals surface area contributed by atoms with Gasteiger partial charge in [-0.25, -0.2) is 0 Å². The van der Waals surface area contributed by atoms with Crippen LogP contribution < -0.4 is 10.6 Å². The monoisotopic (exact) mass is 344 g/mol. The number of nitrogens with zero attached hydrogens (tertiary/aromatic N) is 2. The fourth-order valence-electron chi connectivity index (χ4n) is 4.09. The van der Waals surface area contributed by atoms with Crippen molar-refractivity contribution < 1.29 is 4.74 Å². The first-order chi connectivity index (χ1) is 12.2. The normalized spacial score (nSPS) is 24.2. The third-order valence-electron chi connectivity index (χ3n) is 5.60. The Kier molecular flexibility index (Phi) is 6.32. The molecule has 1 saturated carbocycles. The van der Waals surface area contributed by atoms with Crippen LogP contribution in [0.2, 0.25) is 0 Å². The summed E-state index contributed by atoms with van der Waals surface area (Å²) in [6.07, 6.45) is 5.34. The number of likely N-dealkylation sites (N-methyl/N-ethyl adjacent to an activating group) is 1. The lowest BCUT2D eigenvalue weighted by Gasteiger charge is -2.32. The molecule has 1 aromatic carbocycles. The standard InChI is InChI=1S/C20H32N4O/c1-21-19(22-14-18-15-24(2)12-13-25-18)23-16-20(10-6-7-11-20)17-8-4-3-5-9-17/h3-5,8-9,18H,6-7,10-16H2,1-2H3,(H2,21,22,23). The lowest BCUT2D eigenvalue weighted by Crippen LogP contribution is -2.50. The quantitative estimate of drug-likeness (QED) is 0.634. The molecule has 2 fully saturated rings. The van der Waals surface area contributed by atoms with E-state index >= 15 is 0 Å². The third-order valence-corrected chi connectivity index (χ3v) is 5.60. The Morgan fingerprint density at radius 1 is 1.24 bits per heavy atom. The molecule has 3 rings (SSSR count). The van der Waals surface area contributed by atoms with Crippen LogP contribution in [0, 0.1) is 0 Å². The largest absolute Gasteiger partial charge is 0.374 e.